The predicted octanol–water partition coefficient (Wildman–Crippen LogP) is 0.217. The number of carbonyl (C=O) groups excluding carboxylic acids is 2. The normalized spacial score (nSPS) is 19.6. The fraction of sp³-hybridized carbons (Fsp3) is 0.700. The first-order chi connectivity index (χ1) is 7.56. The van der Waals surface area contributed by atoms with Gasteiger partial charge in [-0.1, -0.05) is 12.2 Å². The molecule has 1 unspecified atom stereocenters. The van der Waals surface area contributed by atoms with Gasteiger partial charge >= 0.3 is 5.97 Å². The van der Waals surface area contributed by atoms with E-state index in [1.807, 2.05) is 0 Å². The third-order valence-electron chi connectivity index (χ3n) is 2.46. The van der Waals surface area contributed by atoms with Gasteiger partial charge in [0, 0.05) is 6.54 Å². The van der Waals surface area contributed by atoms with Gasteiger partial charge in [-0.25, -0.2) is 4.79 Å². The molecule has 0 aromatic heterocycles. The summed E-state index contributed by atoms with van der Waals surface area (Å²) in [5.74, 6) is -0.528. The van der Waals surface area contributed by atoms with Crippen LogP contribution >= 0.6 is 12.2 Å². The summed E-state index contributed by atoms with van der Waals surface area (Å²) in [6, 6.07) is -0.457. The molecule has 0 saturated carbocycles. The summed E-state index contributed by atoms with van der Waals surface area (Å²) in [5.41, 5.74) is 5.31. The van der Waals surface area contributed by atoms with Gasteiger partial charge in [-0.05, 0) is 19.8 Å². The van der Waals surface area contributed by atoms with Gasteiger partial charge in [-0.3, -0.25) is 4.79 Å². The summed E-state index contributed by atoms with van der Waals surface area (Å²) in [4.78, 5) is 25.0. The smallest absolute Gasteiger partial charge is 0.328 e. The van der Waals surface area contributed by atoms with Crippen LogP contribution in [0, 0.1) is 0 Å². The second-order valence-corrected chi connectivity index (χ2v) is 4.16. The number of rotatable bonds is 4. The Morgan fingerprint density at radius 2 is 2.25 bits per heavy atom. The summed E-state index contributed by atoms with van der Waals surface area (Å²) in [6.07, 6.45) is 1.49. The maximum absolute atomic E-state index is 11.7. The molecule has 0 aromatic carbocycles. The van der Waals surface area contributed by atoms with Crippen molar-refractivity contribution < 1.29 is 14.3 Å². The van der Waals surface area contributed by atoms with Crippen LogP contribution in [0.25, 0.3) is 0 Å². The number of nitrogens with zero attached hydrogens (tertiary/aromatic N) is 1. The minimum absolute atomic E-state index is 0.0191. The summed E-state index contributed by atoms with van der Waals surface area (Å²) >= 11 is 4.68. The van der Waals surface area contributed by atoms with Gasteiger partial charge in [0.05, 0.1) is 18.0 Å². The van der Waals surface area contributed by atoms with Crippen molar-refractivity contribution in [2.45, 2.75) is 32.2 Å². The van der Waals surface area contributed by atoms with Gasteiger partial charge in [0.2, 0.25) is 5.91 Å². The number of ether oxygens (including phenoxy) is 1. The van der Waals surface area contributed by atoms with E-state index >= 15 is 0 Å². The van der Waals surface area contributed by atoms with Crippen molar-refractivity contribution >= 4 is 29.1 Å². The zero-order valence-corrected chi connectivity index (χ0v) is 10.1. The largest absolute Gasteiger partial charge is 0.464 e. The van der Waals surface area contributed by atoms with Gasteiger partial charge in [0.1, 0.15) is 6.04 Å². The lowest BCUT2D eigenvalue weighted by Gasteiger charge is -2.22. The Bertz CT molecular complexity index is 306. The molecule has 1 rings (SSSR count). The molecule has 16 heavy (non-hydrogen) atoms. The number of hydrogen-bond acceptors (Lipinski definition) is 4. The van der Waals surface area contributed by atoms with Crippen molar-refractivity contribution in [3.63, 3.8) is 0 Å². The molecular formula is C10H16N2O3S. The molecule has 5 nitrogen and oxygen atoms in total. The summed E-state index contributed by atoms with van der Waals surface area (Å²) in [5, 5.41) is 0. The minimum Gasteiger partial charge on any atom is -0.464 e. The van der Waals surface area contributed by atoms with E-state index in [1.165, 1.54) is 4.90 Å². The first-order valence-corrected chi connectivity index (χ1v) is 5.71. The van der Waals surface area contributed by atoms with Gasteiger partial charge in [-0.2, -0.15) is 0 Å². The summed E-state index contributed by atoms with van der Waals surface area (Å²) in [6.45, 7) is 2.64. The fourth-order valence-corrected chi connectivity index (χ4v) is 1.92. The highest BCUT2D eigenvalue weighted by molar-refractivity contribution is 7.80. The van der Waals surface area contributed by atoms with Crippen LogP contribution in [-0.2, 0) is 14.3 Å². The molecule has 1 aliphatic rings. The van der Waals surface area contributed by atoms with Crippen molar-refractivity contribution in [3.05, 3.63) is 0 Å². The average molecular weight is 244 g/mol. The monoisotopic (exact) mass is 244 g/mol. The van der Waals surface area contributed by atoms with E-state index in [0.29, 0.717) is 19.6 Å². The number of amides is 1. The van der Waals surface area contributed by atoms with E-state index in [4.69, 9.17) is 10.5 Å². The summed E-state index contributed by atoms with van der Waals surface area (Å²) in [7, 11) is 0. The number of hydrogen-bond donors (Lipinski definition) is 1. The average Bonchev–Trinajstić information content (AvgIpc) is 2.65. The minimum atomic E-state index is -0.457. The number of nitrogens with two attached hydrogens (primary N) is 1. The molecular weight excluding hydrogens is 228 g/mol. The SMILES string of the molecule is CCOC(=O)C1CCCN1C(=O)CC(N)=S. The highest BCUT2D eigenvalue weighted by Crippen LogP contribution is 2.19. The lowest BCUT2D eigenvalue weighted by Crippen LogP contribution is -2.42. The Labute approximate surface area is 99.9 Å². The van der Waals surface area contributed by atoms with E-state index in [0.717, 1.165) is 6.42 Å². The molecule has 0 aliphatic carbocycles. The second-order valence-electron chi connectivity index (χ2n) is 3.64. The Morgan fingerprint density at radius 1 is 1.56 bits per heavy atom. The molecule has 1 amide bonds. The highest BCUT2D eigenvalue weighted by atomic mass is 32.1. The van der Waals surface area contributed by atoms with Crippen molar-refractivity contribution in [1.29, 1.82) is 0 Å². The number of carbonyl (C=O) groups is 2. The Morgan fingerprint density at radius 3 is 2.81 bits per heavy atom. The first kappa shape index (κ1) is 12.9. The standard InChI is InChI=1S/C10H16N2O3S/c1-2-15-10(14)7-4-3-5-12(7)9(13)6-8(11)16/h7H,2-6H2,1H3,(H2,11,16). The zero-order valence-electron chi connectivity index (χ0n) is 9.27. The lowest BCUT2D eigenvalue weighted by atomic mass is 10.2. The van der Waals surface area contributed by atoms with E-state index in [2.05, 4.69) is 12.2 Å². The molecule has 0 spiro atoms. The molecule has 0 bridgehead atoms. The zero-order chi connectivity index (χ0) is 12.1. The second kappa shape index (κ2) is 5.79. The van der Waals surface area contributed by atoms with Crippen LogP contribution in [0.2, 0.25) is 0 Å². The maximum atomic E-state index is 11.7. The molecule has 90 valence electrons. The third-order valence-corrected chi connectivity index (χ3v) is 2.60. The first-order valence-electron chi connectivity index (χ1n) is 5.30. The topological polar surface area (TPSA) is 72.6 Å². The molecule has 6 heteroatoms. The van der Waals surface area contributed by atoms with Crippen molar-refractivity contribution in [2.24, 2.45) is 5.73 Å². The predicted molar refractivity (Wildman–Crippen MR) is 62.8 cm³/mol. The van der Waals surface area contributed by atoms with E-state index in [1.54, 1.807) is 6.92 Å². The molecule has 1 heterocycles. The van der Waals surface area contributed by atoms with Crippen LogP contribution in [0.5, 0.6) is 0 Å². The Balaban J connectivity index is 2.61. The van der Waals surface area contributed by atoms with Crippen molar-refractivity contribution in [1.82, 2.24) is 4.90 Å². The van der Waals surface area contributed by atoms with Crippen LogP contribution in [0.3, 0.4) is 0 Å². The van der Waals surface area contributed by atoms with Crippen LogP contribution < -0.4 is 5.73 Å². The number of esters is 1. The number of thiocarbonyl (C=S) groups is 1. The van der Waals surface area contributed by atoms with E-state index in [-0.39, 0.29) is 23.3 Å². The molecule has 1 saturated heterocycles. The van der Waals surface area contributed by atoms with Crippen molar-refractivity contribution in [2.75, 3.05) is 13.2 Å². The third kappa shape index (κ3) is 3.16. The van der Waals surface area contributed by atoms with Crippen LogP contribution in [-0.4, -0.2) is 41.0 Å². The van der Waals surface area contributed by atoms with Crippen LogP contribution in [0.15, 0.2) is 0 Å². The molecule has 0 radical (unpaired) electrons. The quantitative estimate of drug-likeness (QED) is 0.565. The highest BCUT2D eigenvalue weighted by Gasteiger charge is 2.34. The van der Waals surface area contributed by atoms with E-state index < -0.39 is 6.04 Å². The Kier molecular flexibility index (Phi) is 4.67. The van der Waals surface area contributed by atoms with Crippen LogP contribution in [0.4, 0.5) is 0 Å². The number of likely N-dealkylation sites (tertiary alicyclic amines) is 1. The molecule has 1 aliphatic heterocycles. The molecule has 1 atom stereocenters. The van der Waals surface area contributed by atoms with E-state index in [9.17, 15) is 9.59 Å². The molecule has 2 N–H and O–H groups in total. The fourth-order valence-electron chi connectivity index (χ4n) is 1.80. The van der Waals surface area contributed by atoms with Crippen molar-refractivity contribution in [3.8, 4) is 0 Å². The summed E-state index contributed by atoms with van der Waals surface area (Å²) < 4.78 is 4.91. The lowest BCUT2D eigenvalue weighted by molar-refractivity contribution is -0.152. The van der Waals surface area contributed by atoms with Gasteiger partial charge in [-0.15, -0.1) is 0 Å². The van der Waals surface area contributed by atoms with Gasteiger partial charge < -0.3 is 15.4 Å². The molecule has 1 fully saturated rings. The molecule has 0 aromatic rings. The Hall–Kier alpha value is -1.17. The van der Waals surface area contributed by atoms with Gasteiger partial charge in [0.25, 0.3) is 0 Å². The van der Waals surface area contributed by atoms with Crippen LogP contribution in [0.1, 0.15) is 26.2 Å². The maximum Gasteiger partial charge on any atom is 0.328 e. The van der Waals surface area contributed by atoms with Gasteiger partial charge in [0.15, 0.2) is 0 Å².